The molecule has 0 unspecified atom stereocenters. The van der Waals surface area contributed by atoms with E-state index in [0.29, 0.717) is 12.3 Å². The van der Waals surface area contributed by atoms with Crippen LogP contribution in [0.25, 0.3) is 0 Å². The van der Waals surface area contributed by atoms with Crippen molar-refractivity contribution in [2.45, 2.75) is 24.4 Å². The second kappa shape index (κ2) is 10.7. The lowest BCUT2D eigenvalue weighted by molar-refractivity contribution is -0.130. The molecule has 1 saturated heterocycles. The van der Waals surface area contributed by atoms with Crippen LogP contribution in [0.3, 0.4) is 0 Å². The second-order valence-electron chi connectivity index (χ2n) is 7.58. The predicted octanol–water partition coefficient (Wildman–Crippen LogP) is 3.90. The number of aromatic nitrogens is 2. The number of thioether (sulfide) groups is 1. The smallest absolute Gasteiger partial charge is 0.233 e. The van der Waals surface area contributed by atoms with Crippen LogP contribution in [0.5, 0.6) is 0 Å². The molecule has 1 fully saturated rings. The summed E-state index contributed by atoms with van der Waals surface area (Å²) in [6, 6.07) is 18.7. The molecule has 2 aromatic carbocycles. The Balaban J connectivity index is 1.18. The summed E-state index contributed by atoms with van der Waals surface area (Å²) in [6.07, 6.45) is 0. The third-order valence-corrected chi connectivity index (χ3v) is 7.39. The zero-order valence-electron chi connectivity index (χ0n) is 17.7. The van der Waals surface area contributed by atoms with Crippen molar-refractivity contribution in [3.05, 3.63) is 71.3 Å². The fourth-order valence-corrected chi connectivity index (χ4v) is 5.16. The summed E-state index contributed by atoms with van der Waals surface area (Å²) < 4.78 is 0.821. The van der Waals surface area contributed by atoms with Crippen molar-refractivity contribution in [3.8, 4) is 0 Å². The Morgan fingerprint density at radius 2 is 1.77 bits per heavy atom. The molecule has 0 radical (unpaired) electrons. The lowest BCUT2D eigenvalue weighted by Gasteiger charge is -2.35. The lowest BCUT2D eigenvalue weighted by Crippen LogP contribution is -2.48. The van der Waals surface area contributed by atoms with E-state index in [2.05, 4.69) is 63.7 Å². The number of nitrogens with zero attached hydrogens (tertiary/aromatic N) is 4. The quantitative estimate of drug-likeness (QED) is 0.522. The lowest BCUT2D eigenvalue weighted by atomic mass is 10.1. The Morgan fingerprint density at radius 1 is 1.03 bits per heavy atom. The van der Waals surface area contributed by atoms with E-state index in [1.54, 1.807) is 0 Å². The zero-order valence-corrected chi connectivity index (χ0v) is 19.3. The van der Waals surface area contributed by atoms with E-state index in [1.807, 2.05) is 23.1 Å². The van der Waals surface area contributed by atoms with E-state index in [-0.39, 0.29) is 5.91 Å². The van der Waals surface area contributed by atoms with Crippen LogP contribution in [0.15, 0.2) is 58.9 Å². The van der Waals surface area contributed by atoms with E-state index in [1.165, 1.54) is 39.8 Å². The minimum Gasteiger partial charge on any atom is -0.356 e. The Kier molecular flexibility index (Phi) is 7.56. The molecule has 6 nitrogen and oxygen atoms in total. The molecule has 1 aliphatic heterocycles. The van der Waals surface area contributed by atoms with Gasteiger partial charge < -0.3 is 10.2 Å². The summed E-state index contributed by atoms with van der Waals surface area (Å²) in [5, 5.41) is 12.5. The van der Waals surface area contributed by atoms with Crippen molar-refractivity contribution >= 4 is 34.1 Å². The number of nitrogens with one attached hydrogen (secondary N) is 1. The van der Waals surface area contributed by atoms with Gasteiger partial charge in [-0.1, -0.05) is 77.7 Å². The molecule has 1 aromatic heterocycles. The van der Waals surface area contributed by atoms with E-state index < -0.39 is 0 Å². The highest BCUT2D eigenvalue weighted by Crippen LogP contribution is 2.26. The third kappa shape index (κ3) is 6.29. The number of benzene rings is 2. The summed E-state index contributed by atoms with van der Waals surface area (Å²) in [7, 11) is 0. The maximum atomic E-state index is 12.6. The topological polar surface area (TPSA) is 61.4 Å². The first-order valence-electron chi connectivity index (χ1n) is 10.5. The normalized spacial score (nSPS) is 14.5. The Labute approximate surface area is 191 Å². The molecule has 4 rings (SSSR count). The molecular weight excluding hydrogens is 426 g/mol. The summed E-state index contributed by atoms with van der Waals surface area (Å²) in [5.41, 5.74) is 3.89. The number of carbonyl (C=O) groups is 1. The largest absolute Gasteiger partial charge is 0.356 e. The number of amides is 1. The van der Waals surface area contributed by atoms with Crippen LogP contribution in [-0.2, 0) is 17.9 Å². The summed E-state index contributed by atoms with van der Waals surface area (Å²) >= 11 is 2.96. The van der Waals surface area contributed by atoms with Gasteiger partial charge in [0.15, 0.2) is 4.34 Å². The van der Waals surface area contributed by atoms with Gasteiger partial charge >= 0.3 is 0 Å². The molecule has 1 N–H and O–H groups in total. The van der Waals surface area contributed by atoms with Crippen molar-refractivity contribution in [1.29, 1.82) is 0 Å². The van der Waals surface area contributed by atoms with Crippen molar-refractivity contribution < 1.29 is 4.79 Å². The molecule has 8 heteroatoms. The standard InChI is InChI=1S/C23H27N5OS2/c1-18-7-5-6-10-20(18)16-27-11-13-28(14-12-27)21(29)17-30-23-26-25-22(31-23)24-15-19-8-3-2-4-9-19/h2-10H,11-17H2,1H3,(H,24,25). The van der Waals surface area contributed by atoms with Crippen molar-refractivity contribution in [3.63, 3.8) is 0 Å². The number of anilines is 1. The average Bonchev–Trinajstić information content (AvgIpc) is 3.27. The van der Waals surface area contributed by atoms with Crippen molar-refractivity contribution in [2.75, 3.05) is 37.2 Å². The molecule has 1 aliphatic rings. The number of hydrogen-bond donors (Lipinski definition) is 1. The van der Waals surface area contributed by atoms with Crippen LogP contribution < -0.4 is 5.32 Å². The molecule has 0 atom stereocenters. The molecule has 1 amide bonds. The summed E-state index contributed by atoms with van der Waals surface area (Å²) in [4.78, 5) is 17.0. The average molecular weight is 454 g/mol. The molecule has 0 bridgehead atoms. The zero-order chi connectivity index (χ0) is 21.5. The number of carbonyl (C=O) groups excluding carboxylic acids is 1. The SMILES string of the molecule is Cc1ccccc1CN1CCN(C(=O)CSc2nnc(NCc3ccccc3)s2)CC1. The minimum atomic E-state index is 0.175. The van der Waals surface area contributed by atoms with Crippen LogP contribution in [0.2, 0.25) is 0 Å². The molecule has 0 spiro atoms. The molecule has 31 heavy (non-hydrogen) atoms. The van der Waals surface area contributed by atoms with Gasteiger partial charge in [-0.05, 0) is 23.6 Å². The molecule has 162 valence electrons. The van der Waals surface area contributed by atoms with Gasteiger partial charge in [0.25, 0.3) is 0 Å². The Hall–Kier alpha value is -2.42. The Morgan fingerprint density at radius 3 is 2.55 bits per heavy atom. The number of rotatable bonds is 8. The fourth-order valence-electron chi connectivity index (χ4n) is 3.51. The molecular formula is C23H27N5OS2. The molecule has 0 aliphatic carbocycles. The Bertz CT molecular complexity index is 986. The predicted molar refractivity (Wildman–Crippen MR) is 127 cm³/mol. The van der Waals surface area contributed by atoms with Crippen LogP contribution in [-0.4, -0.2) is 57.8 Å². The van der Waals surface area contributed by atoms with Crippen LogP contribution >= 0.6 is 23.1 Å². The van der Waals surface area contributed by atoms with Crippen LogP contribution in [0, 0.1) is 6.92 Å². The minimum absolute atomic E-state index is 0.175. The van der Waals surface area contributed by atoms with Gasteiger partial charge in [0.1, 0.15) is 0 Å². The van der Waals surface area contributed by atoms with Gasteiger partial charge in [-0.25, -0.2) is 0 Å². The number of piperazine rings is 1. The highest BCUT2D eigenvalue weighted by Gasteiger charge is 2.22. The molecule has 3 aromatic rings. The van der Waals surface area contributed by atoms with Gasteiger partial charge in [-0.3, -0.25) is 9.69 Å². The van der Waals surface area contributed by atoms with Gasteiger partial charge in [0.2, 0.25) is 11.0 Å². The maximum absolute atomic E-state index is 12.6. The number of aryl methyl sites for hydroxylation is 1. The first kappa shape index (κ1) is 21.8. The van der Waals surface area contributed by atoms with E-state index in [9.17, 15) is 4.79 Å². The molecule has 0 saturated carbocycles. The fraction of sp³-hybridized carbons (Fsp3) is 0.348. The monoisotopic (exact) mass is 453 g/mol. The van der Waals surface area contributed by atoms with Crippen molar-refractivity contribution in [2.24, 2.45) is 0 Å². The maximum Gasteiger partial charge on any atom is 0.233 e. The van der Waals surface area contributed by atoms with Gasteiger partial charge in [-0.15, -0.1) is 10.2 Å². The second-order valence-corrected chi connectivity index (χ2v) is 9.78. The van der Waals surface area contributed by atoms with Crippen LogP contribution in [0.4, 0.5) is 5.13 Å². The molecule has 2 heterocycles. The van der Waals surface area contributed by atoms with E-state index >= 15 is 0 Å². The van der Waals surface area contributed by atoms with Gasteiger partial charge in [0.05, 0.1) is 5.75 Å². The van der Waals surface area contributed by atoms with Gasteiger partial charge in [-0.2, -0.15) is 0 Å². The highest BCUT2D eigenvalue weighted by molar-refractivity contribution is 8.01. The van der Waals surface area contributed by atoms with E-state index in [0.717, 1.165) is 42.2 Å². The highest BCUT2D eigenvalue weighted by atomic mass is 32.2. The van der Waals surface area contributed by atoms with Crippen molar-refractivity contribution in [1.82, 2.24) is 20.0 Å². The first-order chi connectivity index (χ1) is 15.2. The first-order valence-corrected chi connectivity index (χ1v) is 12.3. The van der Waals surface area contributed by atoms with Crippen LogP contribution in [0.1, 0.15) is 16.7 Å². The third-order valence-electron chi connectivity index (χ3n) is 5.39. The number of hydrogen-bond acceptors (Lipinski definition) is 7. The van der Waals surface area contributed by atoms with E-state index in [4.69, 9.17) is 0 Å². The summed E-state index contributed by atoms with van der Waals surface area (Å²) in [6.45, 7) is 7.21. The summed E-state index contributed by atoms with van der Waals surface area (Å²) in [5.74, 6) is 0.583. The van der Waals surface area contributed by atoms with Gasteiger partial charge in [0, 0.05) is 39.3 Å².